The number of anilines is 9. The zero-order valence-corrected chi connectivity index (χ0v) is 38.3. The molecule has 68 heavy (non-hydrogen) atoms. The monoisotopic (exact) mass is 867 g/mol. The van der Waals surface area contributed by atoms with Crippen LogP contribution in [0.1, 0.15) is 38.9 Å². The predicted molar refractivity (Wildman–Crippen MR) is 286 cm³/mol. The summed E-state index contributed by atoms with van der Waals surface area (Å²) in [6, 6.07) is 84.1. The van der Waals surface area contributed by atoms with Crippen molar-refractivity contribution in [2.45, 2.75) is 26.2 Å². The number of para-hydroxylation sites is 2. The van der Waals surface area contributed by atoms with Crippen molar-refractivity contribution in [3.8, 4) is 22.3 Å². The average Bonchev–Trinajstić information content (AvgIpc) is 3.84. The molecule has 0 saturated heterocycles. The fourth-order valence-electron chi connectivity index (χ4n) is 12.5. The van der Waals surface area contributed by atoms with Crippen LogP contribution in [0.5, 0.6) is 0 Å². The van der Waals surface area contributed by atoms with Gasteiger partial charge in [0.2, 0.25) is 0 Å². The molecular formula is C64H46BN3. The quantitative estimate of drug-likeness (QED) is 0.160. The Bertz CT molecular complexity index is 3610. The number of benzene rings is 10. The predicted octanol–water partition coefficient (Wildman–Crippen LogP) is 14.5. The summed E-state index contributed by atoms with van der Waals surface area (Å²) in [5.74, 6) is 0. The summed E-state index contributed by atoms with van der Waals surface area (Å²) in [6.07, 6.45) is 0. The fourth-order valence-corrected chi connectivity index (χ4v) is 12.5. The Balaban J connectivity index is 0.970. The Hall–Kier alpha value is -8.34. The van der Waals surface area contributed by atoms with E-state index >= 15 is 0 Å². The summed E-state index contributed by atoms with van der Waals surface area (Å²) in [6.45, 7) is 6.78. The molecule has 0 N–H and O–H groups in total. The highest BCUT2D eigenvalue weighted by Crippen LogP contribution is 2.63. The van der Waals surface area contributed by atoms with Gasteiger partial charge in [0.05, 0.1) is 5.41 Å². The van der Waals surface area contributed by atoms with Gasteiger partial charge in [0.15, 0.2) is 0 Å². The zero-order valence-electron chi connectivity index (χ0n) is 38.3. The van der Waals surface area contributed by atoms with E-state index in [9.17, 15) is 0 Å². The maximum atomic E-state index is 2.57. The molecule has 0 amide bonds. The molecule has 2 aliphatic heterocycles. The molecular weight excluding hydrogens is 822 g/mol. The number of rotatable bonds is 5. The normalized spacial score (nSPS) is 13.8. The number of hydrogen-bond donors (Lipinski definition) is 0. The highest BCUT2D eigenvalue weighted by Gasteiger charge is 2.52. The second kappa shape index (κ2) is 14.6. The van der Waals surface area contributed by atoms with Gasteiger partial charge in [-0.25, -0.2) is 0 Å². The molecule has 0 radical (unpaired) electrons. The van der Waals surface area contributed by atoms with Gasteiger partial charge in [0, 0.05) is 51.2 Å². The van der Waals surface area contributed by atoms with Crippen molar-refractivity contribution in [3.05, 3.63) is 263 Å². The summed E-state index contributed by atoms with van der Waals surface area (Å²) >= 11 is 0. The van der Waals surface area contributed by atoms with Crippen LogP contribution in [0.2, 0.25) is 0 Å². The van der Waals surface area contributed by atoms with E-state index in [1.807, 2.05) is 0 Å². The summed E-state index contributed by atoms with van der Waals surface area (Å²) in [5, 5.41) is 0. The Kier molecular flexibility index (Phi) is 8.34. The average molecular weight is 868 g/mol. The first-order valence-corrected chi connectivity index (χ1v) is 23.9. The maximum Gasteiger partial charge on any atom is 0.252 e. The van der Waals surface area contributed by atoms with E-state index in [4.69, 9.17) is 0 Å². The highest BCUT2D eigenvalue weighted by molar-refractivity contribution is 7.00. The van der Waals surface area contributed by atoms with Gasteiger partial charge in [-0.15, -0.1) is 0 Å². The molecule has 1 spiro atoms. The van der Waals surface area contributed by atoms with Crippen molar-refractivity contribution >= 4 is 74.3 Å². The Morgan fingerprint density at radius 1 is 0.338 bits per heavy atom. The van der Waals surface area contributed by atoms with E-state index in [0.29, 0.717) is 0 Å². The lowest BCUT2D eigenvalue weighted by molar-refractivity contribution is 0.794. The van der Waals surface area contributed by atoms with Crippen molar-refractivity contribution in [1.29, 1.82) is 0 Å². The molecule has 0 aromatic heterocycles. The lowest BCUT2D eigenvalue weighted by atomic mass is 9.33. The van der Waals surface area contributed by atoms with Crippen LogP contribution in [0.25, 0.3) is 22.3 Å². The van der Waals surface area contributed by atoms with Gasteiger partial charge in [-0.05, 0) is 172 Å². The summed E-state index contributed by atoms with van der Waals surface area (Å²) in [7, 11) is 0. The standard InChI is InChI=1S/C64H46BN3/c1-41-26-34-59-57(36-41)65-58-37-42(2)27-35-60(58)68(48-32-33-56-52(40-48)51-22-12-15-25-55(51)64(56)53-23-13-10-20-49(53)50-21-11-14-24-54(50)64)62-39-43(3)38-61(63(62)65)67(59)47-30-28-46(29-31-47)66(44-16-6-4-7-17-44)45-18-8-5-9-19-45/h4-40H,1-3H3. The summed E-state index contributed by atoms with van der Waals surface area (Å²) in [5.41, 5.74) is 28.6. The van der Waals surface area contributed by atoms with E-state index in [0.717, 1.165) is 22.7 Å². The third-order valence-corrected chi connectivity index (χ3v) is 15.2. The molecule has 2 heterocycles. The molecule has 0 unspecified atom stereocenters. The molecule has 10 aromatic rings. The first-order valence-electron chi connectivity index (χ1n) is 23.9. The fraction of sp³-hybridized carbons (Fsp3) is 0.0625. The lowest BCUT2D eigenvalue weighted by Gasteiger charge is -2.44. The van der Waals surface area contributed by atoms with E-state index in [-0.39, 0.29) is 12.1 Å². The molecule has 320 valence electrons. The summed E-state index contributed by atoms with van der Waals surface area (Å²) < 4.78 is 0. The van der Waals surface area contributed by atoms with Crippen LogP contribution in [-0.4, -0.2) is 6.71 Å². The lowest BCUT2D eigenvalue weighted by Crippen LogP contribution is -2.61. The van der Waals surface area contributed by atoms with Crippen LogP contribution >= 0.6 is 0 Å². The summed E-state index contributed by atoms with van der Waals surface area (Å²) in [4.78, 5) is 7.42. The van der Waals surface area contributed by atoms with Gasteiger partial charge >= 0.3 is 0 Å². The second-order valence-electron chi connectivity index (χ2n) is 19.1. The third-order valence-electron chi connectivity index (χ3n) is 15.2. The Labute approximate surface area is 398 Å². The van der Waals surface area contributed by atoms with Crippen molar-refractivity contribution in [2.24, 2.45) is 0 Å². The zero-order chi connectivity index (χ0) is 45.3. The van der Waals surface area contributed by atoms with Gasteiger partial charge in [-0.3, -0.25) is 0 Å². The van der Waals surface area contributed by atoms with Gasteiger partial charge in [-0.1, -0.05) is 151 Å². The molecule has 4 heteroatoms. The van der Waals surface area contributed by atoms with E-state index in [1.54, 1.807) is 0 Å². The molecule has 0 bridgehead atoms. The molecule has 0 atom stereocenters. The molecule has 3 nitrogen and oxygen atoms in total. The van der Waals surface area contributed by atoms with Crippen LogP contribution in [-0.2, 0) is 5.41 Å². The van der Waals surface area contributed by atoms with Crippen LogP contribution in [0.15, 0.2) is 224 Å². The minimum absolute atomic E-state index is 0.0498. The van der Waals surface area contributed by atoms with Gasteiger partial charge in [-0.2, -0.15) is 0 Å². The number of aryl methyl sites for hydroxylation is 3. The van der Waals surface area contributed by atoms with Crippen molar-refractivity contribution in [1.82, 2.24) is 0 Å². The second-order valence-corrected chi connectivity index (χ2v) is 19.1. The van der Waals surface area contributed by atoms with Crippen LogP contribution in [0.4, 0.5) is 51.2 Å². The van der Waals surface area contributed by atoms with E-state index < -0.39 is 0 Å². The smallest absolute Gasteiger partial charge is 0.252 e. The van der Waals surface area contributed by atoms with Crippen molar-refractivity contribution in [2.75, 3.05) is 14.7 Å². The first kappa shape index (κ1) is 38.9. The third kappa shape index (κ3) is 5.37. The minimum Gasteiger partial charge on any atom is -0.311 e. The SMILES string of the molecule is Cc1ccc2c(c1)B1c3cc(C)ccc3N(c3ccc4c(c3)-c3ccccc3C43c4ccccc4-c4ccccc43)c3cc(C)cc(c31)N2c1ccc(N(c2ccccc2)c2ccccc2)cc1. The van der Waals surface area contributed by atoms with Gasteiger partial charge < -0.3 is 14.7 Å². The minimum atomic E-state index is -0.390. The largest absolute Gasteiger partial charge is 0.311 e. The van der Waals surface area contributed by atoms with Gasteiger partial charge in [0.25, 0.3) is 6.71 Å². The highest BCUT2D eigenvalue weighted by atomic mass is 15.2. The van der Waals surface area contributed by atoms with Crippen LogP contribution in [0, 0.1) is 20.8 Å². The maximum absolute atomic E-state index is 2.57. The number of hydrogen-bond acceptors (Lipinski definition) is 3. The molecule has 14 rings (SSSR count). The molecule has 0 fully saturated rings. The molecule has 4 aliphatic rings. The van der Waals surface area contributed by atoms with E-state index in [2.05, 4.69) is 260 Å². The topological polar surface area (TPSA) is 9.72 Å². The first-order chi connectivity index (χ1) is 33.5. The number of nitrogens with zero attached hydrogens (tertiary/aromatic N) is 3. The van der Waals surface area contributed by atoms with Crippen molar-refractivity contribution in [3.63, 3.8) is 0 Å². The molecule has 0 saturated carbocycles. The van der Waals surface area contributed by atoms with Gasteiger partial charge in [0.1, 0.15) is 0 Å². The molecule has 10 aromatic carbocycles. The van der Waals surface area contributed by atoms with Crippen LogP contribution < -0.4 is 31.1 Å². The van der Waals surface area contributed by atoms with Crippen LogP contribution in [0.3, 0.4) is 0 Å². The Morgan fingerprint density at radius 3 is 1.29 bits per heavy atom. The Morgan fingerprint density at radius 2 is 0.765 bits per heavy atom. The number of fused-ring (bicyclic) bond motifs is 14. The molecule has 2 aliphatic carbocycles. The van der Waals surface area contributed by atoms with E-state index in [1.165, 1.54) is 106 Å². The van der Waals surface area contributed by atoms with Crippen molar-refractivity contribution < 1.29 is 0 Å².